The molecule has 0 aliphatic heterocycles. The molecule has 3 aromatic heterocycles. The van der Waals surface area contributed by atoms with Crippen LogP contribution in [0.15, 0.2) is 152 Å². The fourth-order valence-corrected chi connectivity index (χ4v) is 9.57. The molecular formula is C47H31N3S. The highest BCUT2D eigenvalue weighted by molar-refractivity contribution is 7.25. The Kier molecular flexibility index (Phi) is 5.89. The van der Waals surface area contributed by atoms with E-state index in [9.17, 15) is 0 Å². The Hall–Kier alpha value is -6.10. The standard InChI is InChI=1S/C47H31N3S/c1-47(2)38-18-10-8-17-35(38)43-44(32-20-22-34-37-25-31(28-12-4-3-5-13-28)21-23-41(37)51-42(34)27-32)48-46(49-45(43)47)50-39-19-11-9-16-33(39)36-24-29-14-6-7-15-30(29)26-40(36)50/h3-27H,1-2H3. The fourth-order valence-electron chi connectivity index (χ4n) is 8.44. The van der Waals surface area contributed by atoms with Crippen molar-refractivity contribution in [1.82, 2.24) is 14.5 Å². The van der Waals surface area contributed by atoms with Gasteiger partial charge in [0.25, 0.3) is 0 Å². The van der Waals surface area contributed by atoms with E-state index in [0.717, 1.165) is 33.5 Å². The summed E-state index contributed by atoms with van der Waals surface area (Å²) < 4.78 is 4.83. The van der Waals surface area contributed by atoms with Crippen LogP contribution in [0.3, 0.4) is 0 Å². The van der Waals surface area contributed by atoms with Crippen LogP contribution < -0.4 is 0 Å². The smallest absolute Gasteiger partial charge is 0.235 e. The second kappa shape index (κ2) is 10.5. The first kappa shape index (κ1) is 28.7. The van der Waals surface area contributed by atoms with Gasteiger partial charge < -0.3 is 0 Å². The molecule has 0 fully saturated rings. The molecule has 3 nitrogen and oxygen atoms in total. The molecule has 240 valence electrons. The lowest BCUT2D eigenvalue weighted by atomic mass is 9.85. The Labute approximate surface area is 299 Å². The van der Waals surface area contributed by atoms with Gasteiger partial charge in [-0.3, -0.25) is 4.57 Å². The van der Waals surface area contributed by atoms with Gasteiger partial charge in [0.15, 0.2) is 0 Å². The number of para-hydroxylation sites is 1. The lowest BCUT2D eigenvalue weighted by Gasteiger charge is -2.21. The first-order valence-corrected chi connectivity index (χ1v) is 18.3. The zero-order valence-corrected chi connectivity index (χ0v) is 29.0. The average Bonchev–Trinajstić information content (AvgIpc) is 3.78. The van der Waals surface area contributed by atoms with Crippen molar-refractivity contribution in [3.05, 3.63) is 163 Å². The minimum Gasteiger partial charge on any atom is -0.278 e. The Morgan fingerprint density at radius 3 is 2.14 bits per heavy atom. The van der Waals surface area contributed by atoms with E-state index < -0.39 is 0 Å². The third kappa shape index (κ3) is 4.11. The molecule has 0 saturated carbocycles. The Morgan fingerprint density at radius 2 is 1.25 bits per heavy atom. The molecule has 4 heteroatoms. The van der Waals surface area contributed by atoms with Gasteiger partial charge in [-0.15, -0.1) is 11.3 Å². The van der Waals surface area contributed by atoms with Crippen LogP contribution in [0, 0.1) is 0 Å². The maximum atomic E-state index is 5.57. The summed E-state index contributed by atoms with van der Waals surface area (Å²) in [4.78, 5) is 11.1. The maximum Gasteiger partial charge on any atom is 0.235 e. The molecule has 3 heterocycles. The summed E-state index contributed by atoms with van der Waals surface area (Å²) in [5.41, 5.74) is 11.2. The SMILES string of the molecule is CC1(C)c2ccccc2-c2c(-c3ccc4c(c3)sc3ccc(-c5ccccc5)cc34)nc(-n3c4ccccc4c4cc5ccccc5cc43)nc21. The van der Waals surface area contributed by atoms with Crippen molar-refractivity contribution < 1.29 is 0 Å². The summed E-state index contributed by atoms with van der Waals surface area (Å²) in [6, 6.07) is 55.1. The van der Waals surface area contributed by atoms with E-state index in [4.69, 9.17) is 9.97 Å². The van der Waals surface area contributed by atoms with Crippen molar-refractivity contribution in [2.24, 2.45) is 0 Å². The molecule has 51 heavy (non-hydrogen) atoms. The van der Waals surface area contributed by atoms with Gasteiger partial charge in [0, 0.05) is 47.5 Å². The van der Waals surface area contributed by atoms with E-state index in [0.29, 0.717) is 5.95 Å². The lowest BCUT2D eigenvalue weighted by Crippen LogP contribution is -2.18. The zero-order valence-electron chi connectivity index (χ0n) is 28.2. The second-order valence-corrected chi connectivity index (χ2v) is 15.3. The number of hydrogen-bond donors (Lipinski definition) is 0. The number of aromatic nitrogens is 3. The largest absolute Gasteiger partial charge is 0.278 e. The van der Waals surface area contributed by atoms with Crippen molar-refractivity contribution in [3.63, 3.8) is 0 Å². The predicted molar refractivity (Wildman–Crippen MR) is 215 cm³/mol. The van der Waals surface area contributed by atoms with Crippen LogP contribution in [-0.4, -0.2) is 14.5 Å². The average molecular weight is 670 g/mol. The van der Waals surface area contributed by atoms with Crippen LogP contribution in [0.5, 0.6) is 0 Å². The molecule has 0 amide bonds. The number of benzene rings is 7. The normalized spacial score (nSPS) is 13.5. The van der Waals surface area contributed by atoms with E-state index in [1.165, 1.54) is 64.0 Å². The van der Waals surface area contributed by atoms with Crippen molar-refractivity contribution in [2.45, 2.75) is 19.3 Å². The quantitative estimate of drug-likeness (QED) is 0.187. The lowest BCUT2D eigenvalue weighted by molar-refractivity contribution is 0.632. The molecule has 0 spiro atoms. The number of rotatable bonds is 3. The van der Waals surface area contributed by atoms with Gasteiger partial charge in [-0.05, 0) is 69.4 Å². The van der Waals surface area contributed by atoms with E-state index >= 15 is 0 Å². The van der Waals surface area contributed by atoms with Crippen molar-refractivity contribution in [3.8, 4) is 39.5 Å². The van der Waals surface area contributed by atoms with Gasteiger partial charge in [-0.1, -0.05) is 129 Å². The molecule has 0 atom stereocenters. The zero-order chi connectivity index (χ0) is 33.8. The molecule has 0 bridgehead atoms. The van der Waals surface area contributed by atoms with Gasteiger partial charge in [0.2, 0.25) is 5.95 Å². The Bertz CT molecular complexity index is 3060. The van der Waals surface area contributed by atoms with E-state index in [2.05, 4.69) is 170 Å². The Balaban J connectivity index is 1.19. The highest BCUT2D eigenvalue weighted by Gasteiger charge is 2.40. The van der Waals surface area contributed by atoms with E-state index in [1.54, 1.807) is 0 Å². The predicted octanol–water partition coefficient (Wildman–Crippen LogP) is 12.7. The summed E-state index contributed by atoms with van der Waals surface area (Å²) in [5, 5.41) is 7.41. The van der Waals surface area contributed by atoms with Crippen LogP contribution >= 0.6 is 11.3 Å². The summed E-state index contributed by atoms with van der Waals surface area (Å²) >= 11 is 1.85. The van der Waals surface area contributed by atoms with Gasteiger partial charge in [-0.2, -0.15) is 0 Å². The summed E-state index contributed by atoms with van der Waals surface area (Å²) in [6.07, 6.45) is 0. The fraction of sp³-hybridized carbons (Fsp3) is 0.0638. The molecule has 11 rings (SSSR count). The number of nitrogens with zero attached hydrogens (tertiary/aromatic N) is 3. The van der Waals surface area contributed by atoms with E-state index in [-0.39, 0.29) is 5.41 Å². The monoisotopic (exact) mass is 669 g/mol. The topological polar surface area (TPSA) is 30.7 Å². The van der Waals surface area contributed by atoms with Crippen molar-refractivity contribution in [1.29, 1.82) is 0 Å². The van der Waals surface area contributed by atoms with Gasteiger partial charge >= 0.3 is 0 Å². The van der Waals surface area contributed by atoms with Crippen LogP contribution in [0.1, 0.15) is 25.1 Å². The van der Waals surface area contributed by atoms with Crippen molar-refractivity contribution >= 4 is 64.1 Å². The Morgan fingerprint density at radius 1 is 0.510 bits per heavy atom. The third-order valence-corrected chi connectivity index (χ3v) is 12.1. The van der Waals surface area contributed by atoms with E-state index in [1.807, 2.05) is 11.3 Å². The van der Waals surface area contributed by atoms with Gasteiger partial charge in [0.1, 0.15) is 0 Å². The first-order valence-electron chi connectivity index (χ1n) is 17.5. The first-order chi connectivity index (χ1) is 25.0. The molecule has 0 unspecified atom stereocenters. The van der Waals surface area contributed by atoms with Gasteiger partial charge in [-0.25, -0.2) is 9.97 Å². The third-order valence-electron chi connectivity index (χ3n) is 11.0. The number of thiophene rings is 1. The molecule has 0 saturated heterocycles. The molecule has 0 radical (unpaired) electrons. The summed E-state index contributed by atoms with van der Waals surface area (Å²) in [6.45, 7) is 4.61. The number of fused-ring (bicyclic) bond motifs is 10. The van der Waals surface area contributed by atoms with Crippen molar-refractivity contribution in [2.75, 3.05) is 0 Å². The highest BCUT2D eigenvalue weighted by Crippen LogP contribution is 2.52. The molecule has 1 aliphatic carbocycles. The highest BCUT2D eigenvalue weighted by atomic mass is 32.1. The molecule has 1 aliphatic rings. The molecule has 0 N–H and O–H groups in total. The van der Waals surface area contributed by atoms with Crippen LogP contribution in [0.25, 0.3) is 92.2 Å². The second-order valence-electron chi connectivity index (χ2n) is 14.2. The molecular weight excluding hydrogens is 639 g/mol. The summed E-state index contributed by atoms with van der Waals surface area (Å²) in [5.74, 6) is 0.704. The van der Waals surface area contributed by atoms with Crippen LogP contribution in [0.4, 0.5) is 0 Å². The minimum absolute atomic E-state index is 0.292. The van der Waals surface area contributed by atoms with Crippen LogP contribution in [-0.2, 0) is 5.41 Å². The maximum absolute atomic E-state index is 5.57. The van der Waals surface area contributed by atoms with Crippen LogP contribution in [0.2, 0.25) is 0 Å². The molecule has 10 aromatic rings. The number of hydrogen-bond acceptors (Lipinski definition) is 3. The van der Waals surface area contributed by atoms with Gasteiger partial charge in [0.05, 0.1) is 22.4 Å². The molecule has 7 aromatic carbocycles. The summed E-state index contributed by atoms with van der Waals surface area (Å²) in [7, 11) is 0. The minimum atomic E-state index is -0.292.